The van der Waals surface area contributed by atoms with Gasteiger partial charge in [-0.25, -0.2) is 15.0 Å². The predicted molar refractivity (Wildman–Crippen MR) is 261 cm³/mol. The van der Waals surface area contributed by atoms with Crippen LogP contribution in [-0.2, 0) is 5.41 Å². The SMILES string of the molecule is N#Cc1ccc2sc3ccc(-c4nc(-c5ccccc5)nc(-c5ccc(-c6ccc(-c7cccc8c7C7(c9ccccc9-c9ccccc97)c7ccccc7-8)cc6)cc5)n4)cc3c2c1. The van der Waals surface area contributed by atoms with Crippen molar-refractivity contribution in [2.75, 3.05) is 0 Å². The maximum Gasteiger partial charge on any atom is 0.164 e. The molecule has 0 radical (unpaired) electrons. The van der Waals surface area contributed by atoms with Gasteiger partial charge in [0.1, 0.15) is 0 Å². The monoisotopic (exact) mass is 830 g/mol. The molecule has 4 nitrogen and oxygen atoms in total. The highest BCUT2D eigenvalue weighted by Gasteiger charge is 2.52. The van der Waals surface area contributed by atoms with Crippen LogP contribution in [0.15, 0.2) is 206 Å². The third kappa shape index (κ3) is 5.37. The van der Waals surface area contributed by atoms with Gasteiger partial charge in [0.15, 0.2) is 17.5 Å². The molecule has 0 amide bonds. The van der Waals surface area contributed by atoms with Gasteiger partial charge in [0.2, 0.25) is 0 Å². The van der Waals surface area contributed by atoms with Gasteiger partial charge in [0.25, 0.3) is 0 Å². The van der Waals surface area contributed by atoms with Gasteiger partial charge >= 0.3 is 0 Å². The molecule has 2 aliphatic rings. The fourth-order valence-corrected chi connectivity index (χ4v) is 11.5. The summed E-state index contributed by atoms with van der Waals surface area (Å²) in [4.78, 5) is 15.1. The van der Waals surface area contributed by atoms with Crippen LogP contribution >= 0.6 is 11.3 Å². The Labute approximate surface area is 374 Å². The third-order valence-electron chi connectivity index (χ3n) is 13.2. The van der Waals surface area contributed by atoms with Crippen LogP contribution in [-0.4, -0.2) is 15.0 Å². The lowest BCUT2D eigenvalue weighted by molar-refractivity contribution is 0.796. The van der Waals surface area contributed by atoms with Crippen LogP contribution in [0.3, 0.4) is 0 Å². The average molecular weight is 831 g/mol. The van der Waals surface area contributed by atoms with E-state index < -0.39 is 5.41 Å². The number of benzene rings is 9. The van der Waals surface area contributed by atoms with Crippen LogP contribution in [0.4, 0.5) is 0 Å². The molecule has 11 aromatic rings. The van der Waals surface area contributed by atoms with E-state index in [1.54, 1.807) is 11.3 Å². The zero-order valence-electron chi connectivity index (χ0n) is 34.3. The second-order valence-electron chi connectivity index (χ2n) is 16.6. The average Bonchev–Trinajstić information content (AvgIpc) is 4.00. The summed E-state index contributed by atoms with van der Waals surface area (Å²) in [7, 11) is 0. The predicted octanol–water partition coefficient (Wildman–Crippen LogP) is 14.8. The Kier molecular flexibility index (Phi) is 8.02. The molecule has 2 aromatic heterocycles. The first kappa shape index (κ1) is 36.4. The molecule has 0 aliphatic heterocycles. The maximum absolute atomic E-state index is 9.62. The number of rotatable bonds is 5. The van der Waals surface area contributed by atoms with Crippen molar-refractivity contribution in [1.82, 2.24) is 15.0 Å². The number of hydrogen-bond acceptors (Lipinski definition) is 5. The minimum Gasteiger partial charge on any atom is -0.208 e. The quantitative estimate of drug-likeness (QED) is 0.173. The summed E-state index contributed by atoms with van der Waals surface area (Å²) < 4.78 is 2.30. The summed E-state index contributed by atoms with van der Waals surface area (Å²) in [5, 5.41) is 11.8. The Morgan fingerprint density at radius 2 is 0.797 bits per heavy atom. The van der Waals surface area contributed by atoms with Crippen LogP contribution in [0, 0.1) is 11.3 Å². The number of fused-ring (bicyclic) bond motifs is 13. The number of hydrogen-bond donors (Lipinski definition) is 0. The molecule has 1 spiro atoms. The third-order valence-corrected chi connectivity index (χ3v) is 14.4. The van der Waals surface area contributed by atoms with Crippen molar-refractivity contribution >= 4 is 31.5 Å². The second-order valence-corrected chi connectivity index (χ2v) is 17.7. The van der Waals surface area contributed by atoms with E-state index in [0.29, 0.717) is 23.0 Å². The first-order valence-electron chi connectivity index (χ1n) is 21.5. The molecule has 2 heterocycles. The van der Waals surface area contributed by atoms with Gasteiger partial charge in [-0.3, -0.25) is 0 Å². The number of nitriles is 1. The Morgan fingerprint density at radius 1 is 0.359 bits per heavy atom. The van der Waals surface area contributed by atoms with Crippen molar-refractivity contribution in [3.8, 4) is 84.7 Å². The summed E-state index contributed by atoms with van der Waals surface area (Å²) in [6, 6.07) is 75.9. The lowest BCUT2D eigenvalue weighted by Gasteiger charge is -2.32. The Hall–Kier alpha value is -8.30. The number of nitrogens with zero attached hydrogens (tertiary/aromatic N) is 4. The smallest absolute Gasteiger partial charge is 0.164 e. The van der Waals surface area contributed by atoms with Crippen LogP contribution < -0.4 is 0 Å². The fraction of sp³-hybridized carbons (Fsp3) is 0.0169. The Bertz CT molecular complexity index is 3670. The van der Waals surface area contributed by atoms with Crippen molar-refractivity contribution in [1.29, 1.82) is 5.26 Å². The largest absolute Gasteiger partial charge is 0.208 e. The van der Waals surface area contributed by atoms with Crippen LogP contribution in [0.1, 0.15) is 27.8 Å². The zero-order valence-corrected chi connectivity index (χ0v) is 35.1. The minimum absolute atomic E-state index is 0.410. The molecule has 0 unspecified atom stereocenters. The molecule has 0 bridgehead atoms. The van der Waals surface area contributed by atoms with E-state index in [1.807, 2.05) is 48.5 Å². The van der Waals surface area contributed by atoms with Crippen molar-refractivity contribution in [3.63, 3.8) is 0 Å². The highest BCUT2D eigenvalue weighted by atomic mass is 32.1. The highest BCUT2D eigenvalue weighted by molar-refractivity contribution is 7.25. The number of thiophene rings is 1. The topological polar surface area (TPSA) is 62.5 Å². The van der Waals surface area contributed by atoms with Gasteiger partial charge < -0.3 is 0 Å². The summed E-state index contributed by atoms with van der Waals surface area (Å²) >= 11 is 1.72. The zero-order chi connectivity index (χ0) is 42.4. The molecular formula is C59H34N4S. The lowest BCUT2D eigenvalue weighted by Crippen LogP contribution is -2.26. The first-order chi connectivity index (χ1) is 31.7. The molecule has 2 aliphatic carbocycles. The molecule has 0 N–H and O–H groups in total. The second kappa shape index (κ2) is 14.1. The van der Waals surface area contributed by atoms with E-state index in [9.17, 15) is 5.26 Å². The van der Waals surface area contributed by atoms with Crippen molar-refractivity contribution in [2.24, 2.45) is 0 Å². The van der Waals surface area contributed by atoms with Crippen LogP contribution in [0.25, 0.3) is 98.8 Å². The van der Waals surface area contributed by atoms with Crippen LogP contribution in [0.5, 0.6) is 0 Å². The molecule has 296 valence electrons. The summed E-state index contributed by atoms with van der Waals surface area (Å²) in [5.74, 6) is 1.82. The van der Waals surface area contributed by atoms with E-state index in [4.69, 9.17) is 15.0 Å². The maximum atomic E-state index is 9.62. The van der Waals surface area contributed by atoms with Gasteiger partial charge in [0, 0.05) is 36.9 Å². The number of aromatic nitrogens is 3. The van der Waals surface area contributed by atoms with Gasteiger partial charge in [0.05, 0.1) is 17.0 Å². The van der Waals surface area contributed by atoms with E-state index in [1.165, 1.54) is 55.6 Å². The van der Waals surface area contributed by atoms with Gasteiger partial charge in [-0.15, -0.1) is 11.3 Å². The Balaban J connectivity index is 0.877. The molecule has 9 aromatic carbocycles. The summed E-state index contributed by atoms with van der Waals surface area (Å²) in [6.07, 6.45) is 0. The Morgan fingerprint density at radius 3 is 1.41 bits per heavy atom. The standard InChI is InChI=1S/C59H34N4S/c60-35-36-21-31-53-48(33-36)49-34-42(30-32-54(49)64-53)58-62-56(40-11-2-1-3-12-40)61-57(63-58)41-28-24-38(25-29-41)37-22-26-39(27-23-37)43-16-10-17-47-46-15-6-9-20-52(46)59(55(43)47)50-18-7-4-13-44(50)45-14-5-8-19-51(45)59/h1-34H. The van der Waals surface area contributed by atoms with Gasteiger partial charge in [-0.05, 0) is 103 Å². The van der Waals surface area contributed by atoms with Gasteiger partial charge in [-0.2, -0.15) is 5.26 Å². The molecule has 13 rings (SSSR count). The van der Waals surface area contributed by atoms with E-state index in [0.717, 1.165) is 48.0 Å². The summed E-state index contributed by atoms with van der Waals surface area (Å²) in [6.45, 7) is 0. The van der Waals surface area contributed by atoms with Crippen molar-refractivity contribution in [3.05, 3.63) is 234 Å². The molecular weight excluding hydrogens is 797 g/mol. The highest BCUT2D eigenvalue weighted by Crippen LogP contribution is 2.64. The molecule has 0 saturated carbocycles. The summed E-state index contributed by atoms with van der Waals surface area (Å²) in [5.41, 5.74) is 18.3. The molecule has 0 atom stereocenters. The van der Waals surface area contributed by atoms with E-state index in [-0.39, 0.29) is 0 Å². The van der Waals surface area contributed by atoms with Crippen molar-refractivity contribution < 1.29 is 0 Å². The molecule has 5 heteroatoms. The lowest BCUT2D eigenvalue weighted by atomic mass is 9.68. The minimum atomic E-state index is -0.410. The first-order valence-corrected chi connectivity index (χ1v) is 22.3. The molecule has 64 heavy (non-hydrogen) atoms. The van der Waals surface area contributed by atoms with Crippen molar-refractivity contribution in [2.45, 2.75) is 5.41 Å². The molecule has 0 saturated heterocycles. The van der Waals surface area contributed by atoms with Gasteiger partial charge in [-0.1, -0.05) is 170 Å². The normalized spacial score (nSPS) is 12.8. The van der Waals surface area contributed by atoms with E-state index in [2.05, 4.69) is 164 Å². The van der Waals surface area contributed by atoms with Crippen LogP contribution in [0.2, 0.25) is 0 Å². The fourth-order valence-electron chi connectivity index (χ4n) is 10.4. The molecule has 0 fully saturated rings. The van der Waals surface area contributed by atoms with E-state index >= 15 is 0 Å².